The van der Waals surface area contributed by atoms with E-state index in [1.54, 1.807) is 0 Å². The van der Waals surface area contributed by atoms with Gasteiger partial charge in [-0.1, -0.05) is 28.1 Å². The molecule has 16 heavy (non-hydrogen) atoms. The van der Waals surface area contributed by atoms with Crippen LogP contribution < -0.4 is 9.64 Å². The molecule has 0 saturated heterocycles. The number of fused-ring (bicyclic) bond motifs is 1. The third-order valence-electron chi connectivity index (χ3n) is 2.56. The summed E-state index contributed by atoms with van der Waals surface area (Å²) in [5.41, 5.74) is 0.985. The minimum absolute atomic E-state index is 0.289. The normalized spacial score (nSPS) is 23.8. The molecule has 0 amide bonds. The number of hydrogen-bond acceptors (Lipinski definition) is 2. The molecule has 4 heteroatoms. The third kappa shape index (κ3) is 2.48. The number of rotatable bonds is 3. The highest BCUT2D eigenvalue weighted by Gasteiger charge is 2.34. The van der Waals surface area contributed by atoms with Gasteiger partial charge in [0, 0.05) is 18.8 Å². The zero-order valence-corrected chi connectivity index (χ0v) is 10.8. The Morgan fingerprint density at radius 1 is 1.50 bits per heavy atom. The molecule has 0 radical (unpaired) electrons. The summed E-state index contributed by atoms with van der Waals surface area (Å²) in [5.74, 6) is -0.964. The van der Waals surface area contributed by atoms with Gasteiger partial charge in [-0.15, -0.1) is 0 Å². The second-order valence-corrected chi connectivity index (χ2v) is 4.93. The number of ether oxygens (including phenoxy) is 1. The Bertz CT molecular complexity index is 370. The van der Waals surface area contributed by atoms with Crippen LogP contribution in [-0.4, -0.2) is 24.3 Å². The van der Waals surface area contributed by atoms with Gasteiger partial charge in [-0.25, -0.2) is 0 Å². The van der Waals surface area contributed by atoms with Gasteiger partial charge in [-0.3, -0.25) is 0 Å². The highest BCUT2D eigenvalue weighted by Crippen LogP contribution is 2.37. The van der Waals surface area contributed by atoms with E-state index in [0.29, 0.717) is 5.75 Å². The van der Waals surface area contributed by atoms with E-state index in [-0.39, 0.29) is 6.54 Å². The van der Waals surface area contributed by atoms with Gasteiger partial charge in [0.25, 0.3) is 5.85 Å². The molecule has 0 aliphatic carbocycles. The van der Waals surface area contributed by atoms with Gasteiger partial charge in [0.1, 0.15) is 5.75 Å². The van der Waals surface area contributed by atoms with Gasteiger partial charge in [0.15, 0.2) is 0 Å². The zero-order valence-electron chi connectivity index (χ0n) is 9.25. The van der Waals surface area contributed by atoms with Gasteiger partial charge in [-0.2, -0.15) is 4.39 Å². The average molecular weight is 288 g/mol. The molecule has 1 atom stereocenters. The van der Waals surface area contributed by atoms with Crippen LogP contribution in [0.4, 0.5) is 10.1 Å². The molecule has 1 aliphatic heterocycles. The summed E-state index contributed by atoms with van der Waals surface area (Å²) < 4.78 is 19.3. The average Bonchev–Trinajstić information content (AvgIpc) is 2.24. The minimum Gasteiger partial charge on any atom is -0.454 e. The van der Waals surface area contributed by atoms with E-state index >= 15 is 0 Å². The second kappa shape index (κ2) is 4.62. The Kier molecular flexibility index (Phi) is 3.38. The monoisotopic (exact) mass is 287 g/mol. The fourth-order valence-electron chi connectivity index (χ4n) is 1.94. The van der Waals surface area contributed by atoms with Crippen LogP contribution in [0, 0.1) is 0 Å². The smallest absolute Gasteiger partial charge is 0.262 e. The second-order valence-electron chi connectivity index (χ2n) is 4.14. The molecule has 1 aliphatic rings. The van der Waals surface area contributed by atoms with E-state index in [9.17, 15) is 4.39 Å². The molecule has 1 unspecified atom stereocenters. The van der Waals surface area contributed by atoms with Crippen molar-refractivity contribution < 1.29 is 9.13 Å². The van der Waals surface area contributed by atoms with Crippen molar-refractivity contribution >= 4 is 21.6 Å². The number of benzene rings is 1. The standard InChI is InChI=1S/C12H15BrFNO/c1-12(14)9-15(8-4-7-13)10-5-2-3-6-11(10)16-12/h2-3,5-6H,4,7-9H2,1H3. The lowest BCUT2D eigenvalue weighted by Crippen LogP contribution is -2.46. The molecule has 0 N–H and O–H groups in total. The molecule has 0 aromatic heterocycles. The lowest BCUT2D eigenvalue weighted by molar-refractivity contribution is -0.0435. The predicted octanol–water partition coefficient (Wildman–Crippen LogP) is 3.36. The summed E-state index contributed by atoms with van der Waals surface area (Å²) in [4.78, 5) is 2.04. The Hall–Kier alpha value is -0.770. The van der Waals surface area contributed by atoms with Gasteiger partial charge in [-0.05, 0) is 18.6 Å². The van der Waals surface area contributed by atoms with Crippen molar-refractivity contribution in [1.29, 1.82) is 0 Å². The topological polar surface area (TPSA) is 12.5 Å². The van der Waals surface area contributed by atoms with Crippen LogP contribution in [0.15, 0.2) is 24.3 Å². The van der Waals surface area contributed by atoms with Crippen LogP contribution in [0.3, 0.4) is 0 Å². The number of halogens is 2. The lowest BCUT2D eigenvalue weighted by Gasteiger charge is -2.38. The van der Waals surface area contributed by atoms with Gasteiger partial charge < -0.3 is 9.64 Å². The fourth-order valence-corrected chi connectivity index (χ4v) is 2.19. The van der Waals surface area contributed by atoms with E-state index < -0.39 is 5.85 Å². The maximum atomic E-state index is 14.0. The van der Waals surface area contributed by atoms with E-state index in [4.69, 9.17) is 4.74 Å². The largest absolute Gasteiger partial charge is 0.454 e. The van der Waals surface area contributed by atoms with E-state index in [0.717, 1.165) is 24.0 Å². The first-order valence-corrected chi connectivity index (χ1v) is 6.52. The van der Waals surface area contributed by atoms with E-state index in [1.165, 1.54) is 6.92 Å². The predicted molar refractivity (Wildman–Crippen MR) is 67.2 cm³/mol. The highest BCUT2D eigenvalue weighted by atomic mass is 79.9. The van der Waals surface area contributed by atoms with Crippen molar-refractivity contribution in [1.82, 2.24) is 0 Å². The summed E-state index contributed by atoms with van der Waals surface area (Å²) in [7, 11) is 0. The summed E-state index contributed by atoms with van der Waals surface area (Å²) in [5, 5.41) is 0.926. The number of alkyl halides is 2. The quantitative estimate of drug-likeness (QED) is 0.791. The maximum Gasteiger partial charge on any atom is 0.262 e. The van der Waals surface area contributed by atoms with Crippen LogP contribution in [0.2, 0.25) is 0 Å². The molecule has 0 fully saturated rings. The third-order valence-corrected chi connectivity index (χ3v) is 3.12. The molecular formula is C12H15BrFNO. The van der Waals surface area contributed by atoms with Crippen LogP contribution in [0.5, 0.6) is 5.75 Å². The van der Waals surface area contributed by atoms with Crippen molar-refractivity contribution in [2.75, 3.05) is 23.3 Å². The van der Waals surface area contributed by atoms with Crippen molar-refractivity contribution in [3.8, 4) is 5.75 Å². The minimum atomic E-state index is -1.60. The van der Waals surface area contributed by atoms with E-state index in [2.05, 4.69) is 15.9 Å². The van der Waals surface area contributed by atoms with Crippen LogP contribution in [0.25, 0.3) is 0 Å². The van der Waals surface area contributed by atoms with E-state index in [1.807, 2.05) is 29.2 Å². The number of hydrogen-bond donors (Lipinski definition) is 0. The SMILES string of the molecule is CC1(F)CN(CCCBr)c2ccccc2O1. The molecule has 1 aromatic carbocycles. The number of nitrogens with zero attached hydrogens (tertiary/aromatic N) is 1. The number of anilines is 1. The molecule has 88 valence electrons. The summed E-state index contributed by atoms with van der Waals surface area (Å²) in [6.07, 6.45) is 0.990. The Balaban J connectivity index is 2.25. The Labute approximate surface area is 104 Å². The zero-order chi connectivity index (χ0) is 11.6. The lowest BCUT2D eigenvalue weighted by atomic mass is 10.1. The first-order chi connectivity index (χ1) is 7.62. The van der Waals surface area contributed by atoms with Crippen molar-refractivity contribution in [3.05, 3.63) is 24.3 Å². The Morgan fingerprint density at radius 3 is 3.00 bits per heavy atom. The maximum absolute atomic E-state index is 14.0. The molecule has 0 spiro atoms. The summed E-state index contributed by atoms with van der Waals surface area (Å²) in [6.45, 7) is 2.60. The van der Waals surface area contributed by atoms with Crippen molar-refractivity contribution in [2.24, 2.45) is 0 Å². The molecule has 2 nitrogen and oxygen atoms in total. The molecule has 2 rings (SSSR count). The van der Waals surface area contributed by atoms with Gasteiger partial charge >= 0.3 is 0 Å². The van der Waals surface area contributed by atoms with Crippen molar-refractivity contribution in [3.63, 3.8) is 0 Å². The molecule has 0 bridgehead atoms. The first kappa shape index (κ1) is 11.7. The summed E-state index contributed by atoms with van der Waals surface area (Å²) in [6, 6.07) is 7.60. The fraction of sp³-hybridized carbons (Fsp3) is 0.500. The van der Waals surface area contributed by atoms with Gasteiger partial charge in [0.05, 0.1) is 12.2 Å². The van der Waals surface area contributed by atoms with Crippen LogP contribution in [0.1, 0.15) is 13.3 Å². The van der Waals surface area contributed by atoms with Gasteiger partial charge in [0.2, 0.25) is 0 Å². The molecule has 1 aromatic rings. The molecular weight excluding hydrogens is 273 g/mol. The molecule has 1 heterocycles. The van der Waals surface area contributed by atoms with Crippen molar-refractivity contribution in [2.45, 2.75) is 19.2 Å². The van der Waals surface area contributed by atoms with Crippen LogP contribution >= 0.6 is 15.9 Å². The molecule has 0 saturated carbocycles. The summed E-state index contributed by atoms with van der Waals surface area (Å²) >= 11 is 3.39. The number of para-hydroxylation sites is 2. The highest BCUT2D eigenvalue weighted by molar-refractivity contribution is 9.09. The Morgan fingerprint density at radius 2 is 2.25 bits per heavy atom. The van der Waals surface area contributed by atoms with Crippen LogP contribution in [-0.2, 0) is 0 Å². The first-order valence-electron chi connectivity index (χ1n) is 5.40.